The lowest BCUT2D eigenvalue weighted by Crippen LogP contribution is -2.17. The number of halogens is 3. The molecule has 0 aliphatic carbocycles. The Bertz CT molecular complexity index is 612. The molecule has 3 N–H and O–H groups in total. The lowest BCUT2D eigenvalue weighted by atomic mass is 10.2. The number of hydrogen-bond acceptors (Lipinski definition) is 3. The molecule has 0 atom stereocenters. The van der Waals surface area contributed by atoms with E-state index in [0.29, 0.717) is 17.1 Å². The van der Waals surface area contributed by atoms with Gasteiger partial charge in [0.15, 0.2) is 0 Å². The van der Waals surface area contributed by atoms with E-state index in [9.17, 15) is 13.2 Å². The summed E-state index contributed by atoms with van der Waals surface area (Å²) in [5, 5.41) is 2.97. The van der Waals surface area contributed by atoms with E-state index in [1.165, 1.54) is 18.2 Å². The Labute approximate surface area is 114 Å². The third-order valence-corrected chi connectivity index (χ3v) is 2.64. The van der Waals surface area contributed by atoms with Crippen molar-refractivity contribution in [2.24, 2.45) is 0 Å². The van der Waals surface area contributed by atoms with E-state index in [-0.39, 0.29) is 5.75 Å². The molecule has 0 amide bonds. The molecule has 20 heavy (non-hydrogen) atoms. The summed E-state index contributed by atoms with van der Waals surface area (Å²) in [6.07, 6.45) is -4.70. The van der Waals surface area contributed by atoms with Crippen LogP contribution in [-0.2, 0) is 0 Å². The Balaban J connectivity index is 2.17. The minimum Gasteiger partial charge on any atom is -0.406 e. The first-order chi connectivity index (χ1) is 9.33. The summed E-state index contributed by atoms with van der Waals surface area (Å²) in [6, 6.07) is 11.0. The number of benzene rings is 2. The number of rotatable bonds is 3. The highest BCUT2D eigenvalue weighted by atomic mass is 19.4. The fraction of sp³-hybridized carbons (Fsp3) is 0.143. The molecule has 6 heteroatoms. The molecule has 2 aromatic rings. The van der Waals surface area contributed by atoms with E-state index >= 15 is 0 Å². The Kier molecular flexibility index (Phi) is 3.74. The summed E-state index contributed by atoms with van der Waals surface area (Å²) in [7, 11) is 0. The van der Waals surface area contributed by atoms with Gasteiger partial charge in [0.1, 0.15) is 5.75 Å². The summed E-state index contributed by atoms with van der Waals surface area (Å²) in [5.74, 6) is -0.275. The van der Waals surface area contributed by atoms with Crippen LogP contribution in [0.5, 0.6) is 5.75 Å². The molecule has 0 heterocycles. The maximum Gasteiger partial charge on any atom is 0.573 e. The fourth-order valence-electron chi connectivity index (χ4n) is 1.66. The quantitative estimate of drug-likeness (QED) is 0.829. The minimum absolute atomic E-state index is 0.275. The summed E-state index contributed by atoms with van der Waals surface area (Å²) in [6.45, 7) is 1.87. The second-order valence-corrected chi connectivity index (χ2v) is 4.27. The maximum atomic E-state index is 12.1. The van der Waals surface area contributed by atoms with Gasteiger partial charge in [-0.25, -0.2) is 0 Å². The van der Waals surface area contributed by atoms with Crippen molar-refractivity contribution in [1.29, 1.82) is 0 Å². The van der Waals surface area contributed by atoms with E-state index in [2.05, 4.69) is 10.1 Å². The molecule has 0 radical (unpaired) electrons. The fourth-order valence-corrected chi connectivity index (χ4v) is 1.66. The Morgan fingerprint density at radius 1 is 1.05 bits per heavy atom. The number of nitrogens with one attached hydrogen (secondary N) is 1. The highest BCUT2D eigenvalue weighted by Gasteiger charge is 2.31. The molecule has 0 bridgehead atoms. The van der Waals surface area contributed by atoms with Gasteiger partial charge in [0.25, 0.3) is 0 Å². The molecule has 0 aromatic heterocycles. The van der Waals surface area contributed by atoms with Gasteiger partial charge in [0.2, 0.25) is 0 Å². The van der Waals surface area contributed by atoms with Crippen LogP contribution in [0.3, 0.4) is 0 Å². The normalized spacial score (nSPS) is 11.2. The first-order valence-corrected chi connectivity index (χ1v) is 5.82. The van der Waals surface area contributed by atoms with Crippen LogP contribution >= 0.6 is 0 Å². The van der Waals surface area contributed by atoms with Crippen molar-refractivity contribution in [1.82, 2.24) is 0 Å². The van der Waals surface area contributed by atoms with Gasteiger partial charge in [-0.15, -0.1) is 13.2 Å². The molecule has 2 aromatic carbocycles. The van der Waals surface area contributed by atoms with Gasteiger partial charge in [-0.05, 0) is 36.8 Å². The first-order valence-electron chi connectivity index (χ1n) is 5.82. The third kappa shape index (κ3) is 3.81. The van der Waals surface area contributed by atoms with Crippen LogP contribution in [0.15, 0.2) is 42.5 Å². The number of hydrogen-bond donors (Lipinski definition) is 2. The molecule has 106 valence electrons. The van der Waals surface area contributed by atoms with Gasteiger partial charge in [0.05, 0.1) is 0 Å². The summed E-state index contributed by atoms with van der Waals surface area (Å²) < 4.78 is 40.3. The molecule has 0 saturated carbocycles. The number of ether oxygens (including phenoxy) is 1. The molecule has 0 aliphatic heterocycles. The number of alkyl halides is 3. The Morgan fingerprint density at radius 3 is 2.40 bits per heavy atom. The zero-order chi connectivity index (χ0) is 14.8. The first kappa shape index (κ1) is 14.0. The van der Waals surface area contributed by atoms with Crippen LogP contribution in [0.1, 0.15) is 5.56 Å². The van der Waals surface area contributed by atoms with E-state index in [0.717, 1.165) is 5.56 Å². The Hall–Kier alpha value is -2.37. The smallest absolute Gasteiger partial charge is 0.406 e. The van der Waals surface area contributed by atoms with Gasteiger partial charge >= 0.3 is 6.36 Å². The molecule has 0 aliphatic rings. The average Bonchev–Trinajstić information content (AvgIpc) is 2.32. The topological polar surface area (TPSA) is 47.3 Å². The summed E-state index contributed by atoms with van der Waals surface area (Å²) >= 11 is 0. The van der Waals surface area contributed by atoms with Gasteiger partial charge in [-0.1, -0.05) is 12.1 Å². The lowest BCUT2D eigenvalue weighted by Gasteiger charge is -2.12. The number of nitrogens with two attached hydrogens (primary N) is 1. The minimum atomic E-state index is -4.70. The number of nitrogen functional groups attached to an aromatic ring is 1. The van der Waals surface area contributed by atoms with Crippen LogP contribution < -0.4 is 15.8 Å². The predicted octanol–water partition coefficient (Wildman–Crippen LogP) is 4.22. The predicted molar refractivity (Wildman–Crippen MR) is 72.0 cm³/mol. The molecule has 0 saturated heterocycles. The maximum absolute atomic E-state index is 12.1. The molecule has 2 rings (SSSR count). The van der Waals surface area contributed by atoms with E-state index in [4.69, 9.17) is 5.73 Å². The molecular formula is C14H13F3N2O. The molecule has 0 spiro atoms. The van der Waals surface area contributed by atoms with E-state index in [1.54, 1.807) is 18.2 Å². The monoisotopic (exact) mass is 282 g/mol. The largest absolute Gasteiger partial charge is 0.573 e. The highest BCUT2D eigenvalue weighted by molar-refractivity contribution is 5.66. The molecular weight excluding hydrogens is 269 g/mol. The SMILES string of the molecule is Cc1ccc(Nc2cccc(OC(F)(F)F)c2)cc1N. The molecule has 0 unspecified atom stereocenters. The lowest BCUT2D eigenvalue weighted by molar-refractivity contribution is -0.274. The van der Waals surface area contributed by atoms with Gasteiger partial charge in [-0.2, -0.15) is 0 Å². The van der Waals surface area contributed by atoms with Crippen molar-refractivity contribution < 1.29 is 17.9 Å². The van der Waals surface area contributed by atoms with Crippen molar-refractivity contribution in [3.63, 3.8) is 0 Å². The third-order valence-electron chi connectivity index (χ3n) is 2.64. The Morgan fingerprint density at radius 2 is 1.75 bits per heavy atom. The van der Waals surface area contributed by atoms with Gasteiger partial charge in [-0.3, -0.25) is 0 Å². The van der Waals surface area contributed by atoms with Crippen molar-refractivity contribution >= 4 is 17.1 Å². The zero-order valence-corrected chi connectivity index (χ0v) is 10.7. The molecule has 0 fully saturated rings. The molecule has 3 nitrogen and oxygen atoms in total. The van der Waals surface area contributed by atoms with Crippen molar-refractivity contribution in [2.45, 2.75) is 13.3 Å². The van der Waals surface area contributed by atoms with Crippen molar-refractivity contribution in [2.75, 3.05) is 11.1 Å². The second kappa shape index (κ2) is 5.32. The summed E-state index contributed by atoms with van der Waals surface area (Å²) in [5.41, 5.74) is 8.49. The highest BCUT2D eigenvalue weighted by Crippen LogP contribution is 2.27. The summed E-state index contributed by atoms with van der Waals surface area (Å²) in [4.78, 5) is 0. The van der Waals surface area contributed by atoms with Crippen LogP contribution in [-0.4, -0.2) is 6.36 Å². The van der Waals surface area contributed by atoms with E-state index < -0.39 is 6.36 Å². The van der Waals surface area contributed by atoms with E-state index in [1.807, 2.05) is 13.0 Å². The van der Waals surface area contributed by atoms with Crippen LogP contribution in [0.25, 0.3) is 0 Å². The standard InChI is InChI=1S/C14H13F3N2O/c1-9-5-6-11(8-13(9)18)19-10-3-2-4-12(7-10)20-14(15,16)17/h2-8,19H,18H2,1H3. The average molecular weight is 282 g/mol. The van der Waals surface area contributed by atoms with Gasteiger partial charge in [0, 0.05) is 23.1 Å². The van der Waals surface area contributed by atoms with Gasteiger partial charge < -0.3 is 15.8 Å². The van der Waals surface area contributed by atoms with Crippen molar-refractivity contribution in [3.8, 4) is 5.75 Å². The number of anilines is 3. The van der Waals surface area contributed by atoms with Crippen LogP contribution in [0, 0.1) is 6.92 Å². The van der Waals surface area contributed by atoms with Crippen molar-refractivity contribution in [3.05, 3.63) is 48.0 Å². The van der Waals surface area contributed by atoms with Crippen LogP contribution in [0.2, 0.25) is 0 Å². The number of aryl methyl sites for hydroxylation is 1. The second-order valence-electron chi connectivity index (χ2n) is 4.27. The van der Waals surface area contributed by atoms with Crippen LogP contribution in [0.4, 0.5) is 30.2 Å². The zero-order valence-electron chi connectivity index (χ0n) is 10.7.